The van der Waals surface area contributed by atoms with Gasteiger partial charge in [0.1, 0.15) is 0 Å². The van der Waals surface area contributed by atoms with Gasteiger partial charge in [0.2, 0.25) is 0 Å². The highest BCUT2D eigenvalue weighted by atomic mass is 35.5. The lowest BCUT2D eigenvalue weighted by Crippen LogP contribution is -1.97. The summed E-state index contributed by atoms with van der Waals surface area (Å²) < 4.78 is 0. The Morgan fingerprint density at radius 2 is 2.21 bits per heavy atom. The summed E-state index contributed by atoms with van der Waals surface area (Å²) in [6, 6.07) is 4.87. The summed E-state index contributed by atoms with van der Waals surface area (Å²) >= 11 is 5.78. The van der Waals surface area contributed by atoms with Crippen molar-refractivity contribution in [1.29, 1.82) is 0 Å². The molecule has 1 aromatic carbocycles. The third kappa shape index (κ3) is 1.42. The Bertz CT molecular complexity index is 510. The van der Waals surface area contributed by atoms with E-state index in [9.17, 15) is 4.79 Å². The van der Waals surface area contributed by atoms with Gasteiger partial charge in [-0.15, -0.1) is 0 Å². The SMILES string of the molecule is O=C(O)c1cc(Cl)cc2ccncc12. The van der Waals surface area contributed by atoms with Crippen LogP contribution >= 0.6 is 11.6 Å². The molecule has 0 aliphatic heterocycles. The van der Waals surface area contributed by atoms with Gasteiger partial charge in [0, 0.05) is 22.8 Å². The van der Waals surface area contributed by atoms with Gasteiger partial charge >= 0.3 is 5.97 Å². The second-order valence-corrected chi connectivity index (χ2v) is 3.29. The Kier molecular flexibility index (Phi) is 2.09. The maximum absolute atomic E-state index is 10.9. The number of hydrogen-bond acceptors (Lipinski definition) is 2. The Hall–Kier alpha value is -1.61. The van der Waals surface area contributed by atoms with Crippen LogP contribution in [0.3, 0.4) is 0 Å². The van der Waals surface area contributed by atoms with E-state index < -0.39 is 5.97 Å². The molecule has 0 saturated carbocycles. The molecule has 0 saturated heterocycles. The van der Waals surface area contributed by atoms with Crippen molar-refractivity contribution >= 4 is 28.3 Å². The van der Waals surface area contributed by atoms with Gasteiger partial charge in [0.15, 0.2) is 0 Å². The van der Waals surface area contributed by atoms with E-state index in [0.29, 0.717) is 10.4 Å². The van der Waals surface area contributed by atoms with Crippen LogP contribution in [0.1, 0.15) is 10.4 Å². The molecule has 2 aromatic rings. The molecule has 0 radical (unpaired) electrons. The molecule has 70 valence electrons. The zero-order valence-corrected chi connectivity index (χ0v) is 7.82. The van der Waals surface area contributed by atoms with Gasteiger partial charge in [0.05, 0.1) is 5.56 Å². The van der Waals surface area contributed by atoms with Gasteiger partial charge in [-0.2, -0.15) is 0 Å². The highest BCUT2D eigenvalue weighted by Gasteiger charge is 2.09. The Labute approximate surface area is 85.0 Å². The van der Waals surface area contributed by atoms with Crippen LogP contribution in [0.25, 0.3) is 10.8 Å². The van der Waals surface area contributed by atoms with E-state index >= 15 is 0 Å². The monoisotopic (exact) mass is 207 g/mol. The number of hydrogen-bond donors (Lipinski definition) is 1. The fourth-order valence-electron chi connectivity index (χ4n) is 1.34. The molecule has 0 fully saturated rings. The topological polar surface area (TPSA) is 50.2 Å². The average Bonchev–Trinajstić information content (AvgIpc) is 2.16. The third-order valence-electron chi connectivity index (χ3n) is 1.95. The maximum atomic E-state index is 10.9. The number of pyridine rings is 1. The van der Waals surface area contributed by atoms with Crippen molar-refractivity contribution in [2.75, 3.05) is 0 Å². The second kappa shape index (κ2) is 3.27. The van der Waals surface area contributed by atoms with Gasteiger partial charge in [0.25, 0.3) is 0 Å². The zero-order valence-electron chi connectivity index (χ0n) is 7.07. The van der Waals surface area contributed by atoms with E-state index in [-0.39, 0.29) is 5.56 Å². The van der Waals surface area contributed by atoms with Crippen molar-refractivity contribution in [3.8, 4) is 0 Å². The van der Waals surface area contributed by atoms with Crippen molar-refractivity contribution in [3.05, 3.63) is 41.2 Å². The zero-order chi connectivity index (χ0) is 10.1. The fourth-order valence-corrected chi connectivity index (χ4v) is 1.57. The molecule has 14 heavy (non-hydrogen) atoms. The lowest BCUT2D eigenvalue weighted by Gasteiger charge is -2.02. The van der Waals surface area contributed by atoms with Crippen LogP contribution in [0.5, 0.6) is 0 Å². The number of carboxylic acids is 1. The number of rotatable bonds is 1. The lowest BCUT2D eigenvalue weighted by atomic mass is 10.1. The van der Waals surface area contributed by atoms with Gasteiger partial charge in [-0.3, -0.25) is 4.98 Å². The predicted molar refractivity (Wildman–Crippen MR) is 53.7 cm³/mol. The summed E-state index contributed by atoms with van der Waals surface area (Å²) in [5.74, 6) is -0.995. The minimum atomic E-state index is -0.995. The van der Waals surface area contributed by atoms with E-state index in [2.05, 4.69) is 4.98 Å². The maximum Gasteiger partial charge on any atom is 0.336 e. The van der Waals surface area contributed by atoms with Gasteiger partial charge in [-0.1, -0.05) is 11.6 Å². The van der Waals surface area contributed by atoms with Crippen LogP contribution < -0.4 is 0 Å². The van der Waals surface area contributed by atoms with Crippen LogP contribution in [0.2, 0.25) is 5.02 Å². The molecule has 3 nitrogen and oxygen atoms in total. The van der Waals surface area contributed by atoms with Gasteiger partial charge < -0.3 is 5.11 Å². The quantitative estimate of drug-likeness (QED) is 0.782. The van der Waals surface area contributed by atoms with Crippen molar-refractivity contribution in [2.24, 2.45) is 0 Å². The van der Waals surface area contributed by atoms with Crippen molar-refractivity contribution in [3.63, 3.8) is 0 Å². The van der Waals surface area contributed by atoms with Crippen LogP contribution in [0.4, 0.5) is 0 Å². The molecule has 0 bridgehead atoms. The molecule has 0 aliphatic carbocycles. The first-order valence-corrected chi connectivity index (χ1v) is 4.33. The molecule has 1 N–H and O–H groups in total. The highest BCUT2D eigenvalue weighted by Crippen LogP contribution is 2.22. The van der Waals surface area contributed by atoms with Crippen LogP contribution in [-0.4, -0.2) is 16.1 Å². The third-order valence-corrected chi connectivity index (χ3v) is 2.17. The van der Waals surface area contributed by atoms with Crippen molar-refractivity contribution < 1.29 is 9.90 Å². The van der Waals surface area contributed by atoms with Gasteiger partial charge in [-0.05, 0) is 23.6 Å². The minimum absolute atomic E-state index is 0.181. The summed E-state index contributed by atoms with van der Waals surface area (Å²) in [6.45, 7) is 0. The number of fused-ring (bicyclic) bond motifs is 1. The van der Waals surface area contributed by atoms with E-state index in [0.717, 1.165) is 5.39 Å². The van der Waals surface area contributed by atoms with Crippen molar-refractivity contribution in [1.82, 2.24) is 4.98 Å². The largest absolute Gasteiger partial charge is 0.478 e. The first-order valence-electron chi connectivity index (χ1n) is 3.95. The second-order valence-electron chi connectivity index (χ2n) is 2.86. The summed E-state index contributed by atoms with van der Waals surface area (Å²) in [5.41, 5.74) is 0.181. The number of aromatic carboxylic acids is 1. The summed E-state index contributed by atoms with van der Waals surface area (Å²) in [5, 5.41) is 10.7. The molecule has 0 amide bonds. The Balaban J connectivity index is 2.87. The lowest BCUT2D eigenvalue weighted by molar-refractivity contribution is 0.0699. The summed E-state index contributed by atoms with van der Waals surface area (Å²) in [4.78, 5) is 14.8. The van der Waals surface area contributed by atoms with E-state index in [1.54, 1.807) is 18.3 Å². The number of halogens is 1. The molecule has 2 rings (SSSR count). The molecular weight excluding hydrogens is 202 g/mol. The first-order chi connectivity index (χ1) is 6.68. The normalized spacial score (nSPS) is 10.4. The number of aromatic nitrogens is 1. The molecular formula is C10H6ClNO2. The number of benzene rings is 1. The molecule has 1 aromatic heterocycles. The van der Waals surface area contributed by atoms with E-state index in [1.165, 1.54) is 12.3 Å². The predicted octanol–water partition coefficient (Wildman–Crippen LogP) is 2.59. The van der Waals surface area contributed by atoms with E-state index in [4.69, 9.17) is 16.7 Å². The van der Waals surface area contributed by atoms with Gasteiger partial charge in [-0.25, -0.2) is 4.79 Å². The summed E-state index contributed by atoms with van der Waals surface area (Å²) in [7, 11) is 0. The van der Waals surface area contributed by atoms with Crippen LogP contribution in [0, 0.1) is 0 Å². The number of carboxylic acid groups (broad SMARTS) is 1. The minimum Gasteiger partial charge on any atom is -0.478 e. The highest BCUT2D eigenvalue weighted by molar-refractivity contribution is 6.32. The Morgan fingerprint density at radius 1 is 1.43 bits per heavy atom. The number of carbonyl (C=O) groups is 1. The molecule has 0 aliphatic rings. The molecule has 4 heteroatoms. The average molecular weight is 208 g/mol. The van der Waals surface area contributed by atoms with Crippen LogP contribution in [0.15, 0.2) is 30.6 Å². The molecule has 0 atom stereocenters. The smallest absolute Gasteiger partial charge is 0.336 e. The first kappa shape index (κ1) is 8.97. The van der Waals surface area contributed by atoms with Crippen molar-refractivity contribution in [2.45, 2.75) is 0 Å². The standard InChI is InChI=1S/C10H6ClNO2/c11-7-3-6-1-2-12-5-9(6)8(4-7)10(13)14/h1-5H,(H,13,14). The molecule has 0 spiro atoms. The molecule has 1 heterocycles. The molecule has 0 unspecified atom stereocenters. The number of nitrogens with zero attached hydrogens (tertiary/aromatic N) is 1. The van der Waals surface area contributed by atoms with Crippen LogP contribution in [-0.2, 0) is 0 Å². The Morgan fingerprint density at radius 3 is 2.93 bits per heavy atom. The summed E-state index contributed by atoms with van der Waals surface area (Å²) in [6.07, 6.45) is 3.12. The van der Waals surface area contributed by atoms with E-state index in [1.807, 2.05) is 0 Å². The fraction of sp³-hybridized carbons (Fsp3) is 0.